The Morgan fingerprint density at radius 3 is 2.47 bits per heavy atom. The van der Waals surface area contributed by atoms with E-state index < -0.39 is 51.9 Å². The highest BCUT2D eigenvalue weighted by atomic mass is 32.2. The van der Waals surface area contributed by atoms with E-state index in [2.05, 4.69) is 21.4 Å². The SMILES string of the molecule is Cn1c(=O)n(C2CCC(=O)NC2=O)c2ccc(C3CCN(CCCn4cc(-c5ccc6cc(O)c(N7CC(=O)NS7(=O)=O)c(F)c6c5)cn4)CC3)cc21. The number of aromatic nitrogens is 4. The van der Waals surface area contributed by atoms with Crippen molar-refractivity contribution in [2.24, 2.45) is 7.05 Å². The number of anilines is 1. The molecule has 3 aliphatic rings. The lowest BCUT2D eigenvalue weighted by molar-refractivity contribution is -0.135. The van der Waals surface area contributed by atoms with Crippen LogP contribution < -0.4 is 20.0 Å². The first-order valence-electron chi connectivity index (χ1n) is 17.5. The fraction of sp³-hybridized carbons (Fsp3) is 0.361. The highest BCUT2D eigenvalue weighted by Crippen LogP contribution is 2.39. The minimum absolute atomic E-state index is 0.0931. The van der Waals surface area contributed by atoms with Gasteiger partial charge in [0.05, 0.1) is 17.2 Å². The Bertz CT molecular complexity index is 2500. The number of imidazole rings is 1. The van der Waals surface area contributed by atoms with Crippen LogP contribution in [0.2, 0.25) is 0 Å². The number of hydrogen-bond donors (Lipinski definition) is 3. The topological polar surface area (TPSA) is 181 Å². The van der Waals surface area contributed by atoms with Crippen LogP contribution in [-0.4, -0.2) is 81.2 Å². The van der Waals surface area contributed by atoms with Gasteiger partial charge in [-0.15, -0.1) is 0 Å². The molecule has 5 aromatic rings. The lowest BCUT2D eigenvalue weighted by Crippen LogP contribution is -2.44. The van der Waals surface area contributed by atoms with Crippen molar-refractivity contribution >= 4 is 55.4 Å². The summed E-state index contributed by atoms with van der Waals surface area (Å²) in [6.07, 6.45) is 6.84. The van der Waals surface area contributed by atoms with Gasteiger partial charge in [0.1, 0.15) is 24.0 Å². The first-order chi connectivity index (χ1) is 25.4. The quantitative estimate of drug-likeness (QED) is 0.201. The van der Waals surface area contributed by atoms with E-state index in [0.29, 0.717) is 39.7 Å². The molecule has 3 saturated heterocycles. The Morgan fingerprint density at radius 2 is 1.74 bits per heavy atom. The Balaban J connectivity index is 0.887. The maximum Gasteiger partial charge on any atom is 0.329 e. The smallest absolute Gasteiger partial charge is 0.329 e. The molecule has 0 bridgehead atoms. The maximum atomic E-state index is 15.7. The van der Waals surface area contributed by atoms with Gasteiger partial charge in [-0.2, -0.15) is 13.5 Å². The average molecular weight is 745 g/mol. The van der Waals surface area contributed by atoms with Crippen molar-refractivity contribution in [1.29, 1.82) is 0 Å². The number of benzene rings is 3. The van der Waals surface area contributed by atoms with Gasteiger partial charge in [0.15, 0.2) is 5.82 Å². The molecular formula is C36H37FN8O7S. The van der Waals surface area contributed by atoms with Gasteiger partial charge in [-0.1, -0.05) is 18.2 Å². The van der Waals surface area contributed by atoms with E-state index in [9.17, 15) is 32.7 Å². The molecule has 17 heteroatoms. The van der Waals surface area contributed by atoms with Gasteiger partial charge >= 0.3 is 15.9 Å². The second-order valence-corrected chi connectivity index (χ2v) is 15.5. The van der Waals surface area contributed by atoms with Crippen molar-refractivity contribution in [2.75, 3.05) is 30.5 Å². The Kier molecular flexibility index (Phi) is 8.56. The van der Waals surface area contributed by atoms with E-state index in [1.54, 1.807) is 40.7 Å². The predicted molar refractivity (Wildman–Crippen MR) is 193 cm³/mol. The third kappa shape index (κ3) is 6.22. The van der Waals surface area contributed by atoms with E-state index in [-0.39, 0.29) is 23.4 Å². The van der Waals surface area contributed by atoms with Crippen LogP contribution in [0.25, 0.3) is 32.9 Å². The summed E-state index contributed by atoms with van der Waals surface area (Å²) in [5.41, 5.74) is 3.16. The Morgan fingerprint density at radius 1 is 0.943 bits per heavy atom. The summed E-state index contributed by atoms with van der Waals surface area (Å²) in [6, 6.07) is 11.6. The molecule has 3 fully saturated rings. The minimum atomic E-state index is -4.32. The van der Waals surface area contributed by atoms with Crippen LogP contribution in [-0.2, 0) is 38.2 Å². The zero-order valence-electron chi connectivity index (χ0n) is 28.8. The number of imide groups is 1. The predicted octanol–water partition coefficient (Wildman–Crippen LogP) is 2.63. The molecule has 5 heterocycles. The summed E-state index contributed by atoms with van der Waals surface area (Å²) >= 11 is 0. The van der Waals surface area contributed by atoms with Gasteiger partial charge in [0.2, 0.25) is 11.8 Å². The number of nitrogens with one attached hydrogen (secondary N) is 2. The minimum Gasteiger partial charge on any atom is -0.506 e. The molecule has 3 aromatic carbocycles. The molecule has 0 spiro atoms. The van der Waals surface area contributed by atoms with Gasteiger partial charge in [-0.05, 0) is 92.0 Å². The highest BCUT2D eigenvalue weighted by molar-refractivity contribution is 7.92. The molecule has 3 amide bonds. The molecule has 53 heavy (non-hydrogen) atoms. The summed E-state index contributed by atoms with van der Waals surface area (Å²) in [4.78, 5) is 51.5. The standard InChI is InChI=1S/C36H37FN8O7S/c1-41-29-16-23(5-6-27(29)45(36(41)50)28-7-8-31(47)39-35(28)49)21-9-13-42(14-10-21)11-2-12-43-19-25(18-38-43)22-3-4-24-17-30(46)34(33(37)26(24)15-22)44-20-32(48)40-53(44,51)52/h3-6,15-19,21,28,46H,2,7-14,20H2,1H3,(H,40,48)(H,39,47,49). The lowest BCUT2D eigenvalue weighted by atomic mass is 9.89. The van der Waals surface area contributed by atoms with Crippen LogP contribution in [0.15, 0.2) is 59.7 Å². The third-order valence-corrected chi connectivity index (χ3v) is 12.0. The van der Waals surface area contributed by atoms with Crippen LogP contribution in [0, 0.1) is 5.82 Å². The van der Waals surface area contributed by atoms with Crippen LogP contribution >= 0.6 is 0 Å². The molecule has 2 aromatic heterocycles. The van der Waals surface area contributed by atoms with E-state index in [0.717, 1.165) is 55.5 Å². The van der Waals surface area contributed by atoms with Gasteiger partial charge < -0.3 is 10.0 Å². The van der Waals surface area contributed by atoms with Gasteiger partial charge in [-0.25, -0.2) is 18.2 Å². The number of halogens is 1. The molecule has 15 nitrogen and oxygen atoms in total. The van der Waals surface area contributed by atoms with Gasteiger partial charge in [0.25, 0.3) is 5.91 Å². The molecular weight excluding hydrogens is 708 g/mol. The number of fused-ring (bicyclic) bond motifs is 2. The van der Waals surface area contributed by atoms with Crippen LogP contribution in [0.5, 0.6) is 5.75 Å². The number of rotatable bonds is 8. The van der Waals surface area contributed by atoms with Gasteiger partial charge in [-0.3, -0.25) is 33.5 Å². The maximum absolute atomic E-state index is 15.7. The van der Waals surface area contributed by atoms with E-state index >= 15 is 4.39 Å². The van der Waals surface area contributed by atoms with E-state index in [1.165, 1.54) is 10.6 Å². The van der Waals surface area contributed by atoms with E-state index in [1.807, 2.05) is 23.0 Å². The van der Waals surface area contributed by atoms with Crippen molar-refractivity contribution in [1.82, 2.24) is 33.9 Å². The van der Waals surface area contributed by atoms with Crippen LogP contribution in [0.1, 0.15) is 49.6 Å². The fourth-order valence-corrected chi connectivity index (χ4v) is 9.00. The molecule has 0 saturated carbocycles. The molecule has 8 rings (SSSR count). The summed E-state index contributed by atoms with van der Waals surface area (Å²) < 4.78 is 47.7. The first-order valence-corrected chi connectivity index (χ1v) is 18.9. The van der Waals surface area contributed by atoms with Crippen LogP contribution in [0.3, 0.4) is 0 Å². The monoisotopic (exact) mass is 744 g/mol. The number of carbonyl (C=O) groups is 3. The first kappa shape index (κ1) is 34.5. The number of nitrogens with zero attached hydrogens (tertiary/aromatic N) is 6. The third-order valence-electron chi connectivity index (χ3n) is 10.6. The Labute approximate surface area is 302 Å². The number of hydrogen-bond acceptors (Lipinski definition) is 9. The van der Waals surface area contributed by atoms with Crippen LogP contribution in [0.4, 0.5) is 10.1 Å². The molecule has 1 atom stereocenters. The van der Waals surface area contributed by atoms with Crippen molar-refractivity contribution in [3.63, 3.8) is 0 Å². The number of aryl methyl sites for hydroxylation is 2. The number of aromatic hydroxyl groups is 1. The molecule has 0 aliphatic carbocycles. The molecule has 3 N–H and O–H groups in total. The summed E-state index contributed by atoms with van der Waals surface area (Å²) in [5.74, 6) is -2.79. The summed E-state index contributed by atoms with van der Waals surface area (Å²) in [7, 11) is -2.61. The average Bonchev–Trinajstić information content (AvgIpc) is 3.78. The zero-order chi connectivity index (χ0) is 37.2. The number of amides is 3. The number of phenols is 1. The Hall–Kier alpha value is -5.55. The van der Waals surface area contributed by atoms with Crippen molar-refractivity contribution in [3.05, 3.63) is 76.7 Å². The van der Waals surface area contributed by atoms with Crippen molar-refractivity contribution in [2.45, 2.75) is 50.6 Å². The molecule has 1 unspecified atom stereocenters. The molecule has 0 radical (unpaired) electrons. The number of carbonyl (C=O) groups excluding carboxylic acids is 3. The molecule has 276 valence electrons. The highest BCUT2D eigenvalue weighted by Gasteiger charge is 2.38. The summed E-state index contributed by atoms with van der Waals surface area (Å²) in [6.45, 7) is 2.77. The lowest BCUT2D eigenvalue weighted by Gasteiger charge is -2.32. The number of piperidine rings is 2. The fourth-order valence-electron chi connectivity index (χ4n) is 7.84. The second-order valence-electron chi connectivity index (χ2n) is 13.9. The second kappa shape index (κ2) is 13.1. The number of likely N-dealkylation sites (tertiary alicyclic amines) is 1. The summed E-state index contributed by atoms with van der Waals surface area (Å²) in [5, 5.41) is 17.8. The largest absolute Gasteiger partial charge is 0.506 e. The molecule has 3 aliphatic heterocycles. The number of phenolic OH excluding ortho intramolecular Hbond substituents is 1. The zero-order valence-corrected chi connectivity index (χ0v) is 29.6. The normalized spacial score (nSPS) is 19.7. The van der Waals surface area contributed by atoms with Gasteiger partial charge in [0, 0.05) is 37.2 Å². The van der Waals surface area contributed by atoms with E-state index in [4.69, 9.17) is 0 Å². The van der Waals surface area contributed by atoms with Crippen molar-refractivity contribution < 1.29 is 32.3 Å². The van der Waals surface area contributed by atoms with Crippen molar-refractivity contribution in [3.8, 4) is 16.9 Å².